The van der Waals surface area contributed by atoms with Gasteiger partial charge in [0.25, 0.3) is 0 Å². The summed E-state index contributed by atoms with van der Waals surface area (Å²) in [5.74, 6) is 0.749. The highest BCUT2D eigenvalue weighted by Gasteiger charge is 2.08. The maximum absolute atomic E-state index is 12.1. The van der Waals surface area contributed by atoms with Crippen molar-refractivity contribution in [3.8, 4) is 5.75 Å². The van der Waals surface area contributed by atoms with Gasteiger partial charge in [0.15, 0.2) is 0 Å². The molecule has 0 atom stereocenters. The second-order valence-corrected chi connectivity index (χ2v) is 5.20. The molecule has 0 radical (unpaired) electrons. The maximum Gasteiger partial charge on any atom is 0.224 e. The van der Waals surface area contributed by atoms with Gasteiger partial charge in [-0.15, -0.1) is 0 Å². The van der Waals surface area contributed by atoms with Crippen molar-refractivity contribution in [2.24, 2.45) is 0 Å². The summed E-state index contributed by atoms with van der Waals surface area (Å²) in [7, 11) is 1.62. The summed E-state index contributed by atoms with van der Waals surface area (Å²) in [6.07, 6.45) is 0.328. The van der Waals surface area contributed by atoms with Crippen LogP contribution in [0, 0.1) is 13.8 Å². The number of hydrogen-bond donors (Lipinski definition) is 1. The molecule has 0 aliphatic rings. The summed E-state index contributed by atoms with van der Waals surface area (Å²) in [5, 5.41) is 2.96. The van der Waals surface area contributed by atoms with Gasteiger partial charge < -0.3 is 10.1 Å². The number of carbonyl (C=O) groups is 1. The molecule has 2 aromatic carbocycles. The average Bonchev–Trinajstić information content (AvgIpc) is 2.47. The molecule has 110 valence electrons. The van der Waals surface area contributed by atoms with Crippen molar-refractivity contribution >= 4 is 5.91 Å². The Bertz CT molecular complexity index is 635. The Balaban J connectivity index is 1.96. The predicted molar refractivity (Wildman–Crippen MR) is 84.5 cm³/mol. The van der Waals surface area contributed by atoms with E-state index in [1.165, 1.54) is 11.1 Å². The molecule has 0 saturated carbocycles. The molecule has 0 aromatic heterocycles. The second-order valence-electron chi connectivity index (χ2n) is 5.20. The minimum Gasteiger partial charge on any atom is -0.496 e. The van der Waals surface area contributed by atoms with E-state index in [-0.39, 0.29) is 5.91 Å². The van der Waals surface area contributed by atoms with Crippen LogP contribution in [0.25, 0.3) is 0 Å². The highest BCUT2D eigenvalue weighted by atomic mass is 16.5. The summed E-state index contributed by atoms with van der Waals surface area (Å²) in [6.45, 7) is 4.69. The van der Waals surface area contributed by atoms with E-state index < -0.39 is 0 Å². The molecule has 0 aliphatic carbocycles. The van der Waals surface area contributed by atoms with Crippen LogP contribution in [-0.2, 0) is 17.8 Å². The minimum absolute atomic E-state index is 0.000486. The highest BCUT2D eigenvalue weighted by molar-refractivity contribution is 5.79. The van der Waals surface area contributed by atoms with Gasteiger partial charge in [0.05, 0.1) is 13.5 Å². The fourth-order valence-corrected chi connectivity index (χ4v) is 2.32. The predicted octanol–water partition coefficient (Wildman–Crippen LogP) is 3.17. The third-order valence-electron chi connectivity index (χ3n) is 3.52. The number of para-hydroxylation sites is 1. The first-order chi connectivity index (χ1) is 10.1. The normalized spacial score (nSPS) is 10.2. The molecule has 1 amide bonds. The van der Waals surface area contributed by atoms with Crippen molar-refractivity contribution in [3.63, 3.8) is 0 Å². The summed E-state index contributed by atoms with van der Waals surface area (Å²) in [5.41, 5.74) is 4.48. The van der Waals surface area contributed by atoms with Gasteiger partial charge in [0, 0.05) is 12.1 Å². The van der Waals surface area contributed by atoms with Crippen LogP contribution in [0.5, 0.6) is 5.75 Å². The summed E-state index contributed by atoms with van der Waals surface area (Å²) < 4.78 is 5.26. The molecule has 3 nitrogen and oxygen atoms in total. The summed E-state index contributed by atoms with van der Waals surface area (Å²) in [4.78, 5) is 12.1. The van der Waals surface area contributed by atoms with E-state index in [0.717, 1.165) is 16.9 Å². The number of hydrogen-bond acceptors (Lipinski definition) is 2. The minimum atomic E-state index is -0.000486. The molecule has 0 aliphatic heterocycles. The lowest BCUT2D eigenvalue weighted by atomic mass is 10.1. The van der Waals surface area contributed by atoms with Gasteiger partial charge in [-0.3, -0.25) is 4.79 Å². The van der Waals surface area contributed by atoms with E-state index in [4.69, 9.17) is 4.74 Å². The first kappa shape index (κ1) is 15.1. The molecular formula is C18H21NO2. The van der Waals surface area contributed by atoms with Crippen LogP contribution in [0.2, 0.25) is 0 Å². The van der Waals surface area contributed by atoms with Crippen LogP contribution in [0.3, 0.4) is 0 Å². The quantitative estimate of drug-likeness (QED) is 0.915. The Kier molecular flexibility index (Phi) is 4.99. The Morgan fingerprint density at radius 3 is 2.57 bits per heavy atom. The van der Waals surface area contributed by atoms with Crippen LogP contribution in [0.4, 0.5) is 0 Å². The maximum atomic E-state index is 12.1. The molecule has 2 aromatic rings. The lowest BCUT2D eigenvalue weighted by Crippen LogP contribution is -2.25. The van der Waals surface area contributed by atoms with Crippen molar-refractivity contribution in [1.82, 2.24) is 5.32 Å². The van der Waals surface area contributed by atoms with Crippen molar-refractivity contribution in [3.05, 3.63) is 64.7 Å². The number of amides is 1. The number of nitrogens with one attached hydrogen (secondary N) is 1. The van der Waals surface area contributed by atoms with E-state index in [9.17, 15) is 4.79 Å². The third-order valence-corrected chi connectivity index (χ3v) is 3.52. The monoisotopic (exact) mass is 283 g/mol. The molecular weight excluding hydrogens is 262 g/mol. The van der Waals surface area contributed by atoms with Gasteiger partial charge in [0.2, 0.25) is 5.91 Å². The van der Waals surface area contributed by atoms with Gasteiger partial charge in [0.1, 0.15) is 5.75 Å². The first-order valence-corrected chi connectivity index (χ1v) is 7.05. The van der Waals surface area contributed by atoms with E-state index in [1.54, 1.807) is 7.11 Å². The topological polar surface area (TPSA) is 38.3 Å². The van der Waals surface area contributed by atoms with Crippen LogP contribution in [0.1, 0.15) is 22.3 Å². The van der Waals surface area contributed by atoms with Gasteiger partial charge in [-0.1, -0.05) is 42.0 Å². The number of carbonyl (C=O) groups excluding carboxylic acids is 1. The highest BCUT2D eigenvalue weighted by Crippen LogP contribution is 2.17. The molecule has 1 N–H and O–H groups in total. The number of methoxy groups -OCH3 is 1. The van der Waals surface area contributed by atoms with Crippen LogP contribution < -0.4 is 10.1 Å². The molecule has 2 rings (SSSR count). The van der Waals surface area contributed by atoms with Gasteiger partial charge in [-0.2, -0.15) is 0 Å². The molecule has 0 spiro atoms. The van der Waals surface area contributed by atoms with Crippen molar-refractivity contribution in [1.29, 1.82) is 0 Å². The lowest BCUT2D eigenvalue weighted by molar-refractivity contribution is -0.120. The Labute approximate surface area is 126 Å². The van der Waals surface area contributed by atoms with E-state index >= 15 is 0 Å². The number of rotatable bonds is 5. The number of ether oxygens (including phenoxy) is 1. The van der Waals surface area contributed by atoms with Crippen molar-refractivity contribution < 1.29 is 9.53 Å². The molecule has 3 heteroatoms. The molecule has 21 heavy (non-hydrogen) atoms. The Morgan fingerprint density at radius 2 is 1.86 bits per heavy atom. The lowest BCUT2D eigenvalue weighted by Gasteiger charge is -2.10. The average molecular weight is 283 g/mol. The summed E-state index contributed by atoms with van der Waals surface area (Å²) >= 11 is 0. The fourth-order valence-electron chi connectivity index (χ4n) is 2.32. The SMILES string of the molecule is COc1ccccc1CC(=O)NCc1ccc(C)cc1C. The Morgan fingerprint density at radius 1 is 1.10 bits per heavy atom. The zero-order valence-corrected chi connectivity index (χ0v) is 12.8. The molecule has 0 saturated heterocycles. The fraction of sp³-hybridized carbons (Fsp3) is 0.278. The zero-order valence-electron chi connectivity index (χ0n) is 12.8. The van der Waals surface area contributed by atoms with Crippen LogP contribution >= 0.6 is 0 Å². The summed E-state index contributed by atoms with van der Waals surface area (Å²) in [6, 6.07) is 13.8. The van der Waals surface area contributed by atoms with E-state index in [1.807, 2.05) is 24.3 Å². The van der Waals surface area contributed by atoms with E-state index in [2.05, 4.69) is 37.4 Å². The molecule has 0 unspecified atom stereocenters. The number of aryl methyl sites for hydroxylation is 2. The Hall–Kier alpha value is -2.29. The van der Waals surface area contributed by atoms with Gasteiger partial charge >= 0.3 is 0 Å². The number of benzene rings is 2. The second kappa shape index (κ2) is 6.93. The molecule has 0 bridgehead atoms. The smallest absolute Gasteiger partial charge is 0.224 e. The first-order valence-electron chi connectivity index (χ1n) is 7.05. The standard InChI is InChI=1S/C18H21NO2/c1-13-8-9-16(14(2)10-13)12-19-18(20)11-15-6-4-5-7-17(15)21-3/h4-10H,11-12H2,1-3H3,(H,19,20). The van der Waals surface area contributed by atoms with Gasteiger partial charge in [-0.25, -0.2) is 0 Å². The van der Waals surface area contributed by atoms with Crippen LogP contribution in [-0.4, -0.2) is 13.0 Å². The third kappa shape index (κ3) is 4.09. The van der Waals surface area contributed by atoms with Crippen molar-refractivity contribution in [2.45, 2.75) is 26.8 Å². The van der Waals surface area contributed by atoms with Crippen molar-refractivity contribution in [2.75, 3.05) is 7.11 Å². The van der Waals surface area contributed by atoms with E-state index in [0.29, 0.717) is 13.0 Å². The molecule has 0 fully saturated rings. The largest absolute Gasteiger partial charge is 0.496 e. The molecule has 0 heterocycles. The van der Waals surface area contributed by atoms with Gasteiger partial charge in [-0.05, 0) is 31.0 Å². The van der Waals surface area contributed by atoms with Crippen LogP contribution in [0.15, 0.2) is 42.5 Å². The zero-order chi connectivity index (χ0) is 15.2.